The lowest BCUT2D eigenvalue weighted by atomic mass is 9.68. The zero-order valence-electron chi connectivity index (χ0n) is 14.1. The zero-order valence-corrected chi connectivity index (χ0v) is 16.5. The maximum Gasteiger partial charge on any atom is 0.252 e. The maximum absolute atomic E-state index is 11.9. The van der Waals surface area contributed by atoms with E-state index in [0.29, 0.717) is 24.1 Å². The lowest BCUT2D eigenvalue weighted by molar-refractivity contribution is 0.0954. The van der Waals surface area contributed by atoms with E-state index < -0.39 is 0 Å². The van der Waals surface area contributed by atoms with Gasteiger partial charge in [-0.1, -0.05) is 6.42 Å². The molecule has 1 saturated heterocycles. The predicted molar refractivity (Wildman–Crippen MR) is 106 cm³/mol. The van der Waals surface area contributed by atoms with Gasteiger partial charge < -0.3 is 15.5 Å². The van der Waals surface area contributed by atoms with Crippen molar-refractivity contribution < 1.29 is 4.79 Å². The second-order valence-corrected chi connectivity index (χ2v) is 6.50. The lowest BCUT2D eigenvalue weighted by Crippen LogP contribution is -2.44. The summed E-state index contributed by atoms with van der Waals surface area (Å²) in [5, 5.41) is 6.24. The van der Waals surface area contributed by atoms with Crippen LogP contribution in [-0.4, -0.2) is 55.0 Å². The van der Waals surface area contributed by atoms with E-state index >= 15 is 0 Å². The van der Waals surface area contributed by atoms with E-state index in [0.717, 1.165) is 19.0 Å². The van der Waals surface area contributed by atoms with E-state index in [1.807, 2.05) is 7.05 Å². The molecule has 7 heteroatoms. The molecule has 1 aliphatic heterocycles. The van der Waals surface area contributed by atoms with Gasteiger partial charge in [-0.05, 0) is 36.8 Å². The average Bonchev–Trinajstić information content (AvgIpc) is 3.01. The van der Waals surface area contributed by atoms with Gasteiger partial charge in [0, 0.05) is 45.6 Å². The number of hydrogen-bond donors (Lipinski definition) is 2. The number of rotatable bonds is 4. The Bertz CT molecular complexity index is 574. The van der Waals surface area contributed by atoms with E-state index in [1.165, 1.54) is 25.7 Å². The van der Waals surface area contributed by atoms with Crippen LogP contribution in [0.1, 0.15) is 36.0 Å². The first-order chi connectivity index (χ1) is 11.2. The van der Waals surface area contributed by atoms with Gasteiger partial charge in [-0.15, -0.1) is 24.0 Å². The van der Waals surface area contributed by atoms with Crippen molar-refractivity contribution in [2.75, 3.05) is 33.2 Å². The maximum atomic E-state index is 11.9. The number of nitrogens with one attached hydrogen (secondary N) is 2. The van der Waals surface area contributed by atoms with Crippen LogP contribution < -0.4 is 10.6 Å². The predicted octanol–water partition coefficient (Wildman–Crippen LogP) is 1.88. The SMILES string of the molecule is CN=C(NCCNC(=O)c1cccnc1)N1CCC2(CCC2)C1.I. The minimum absolute atomic E-state index is 0. The summed E-state index contributed by atoms with van der Waals surface area (Å²) in [5.41, 5.74) is 1.15. The first kappa shape index (κ1) is 19.0. The van der Waals surface area contributed by atoms with Crippen LogP contribution in [0.25, 0.3) is 0 Å². The number of guanidine groups is 1. The van der Waals surface area contributed by atoms with Crippen LogP contribution in [0.2, 0.25) is 0 Å². The molecule has 0 radical (unpaired) electrons. The zero-order chi connectivity index (χ0) is 16.1. The Hall–Kier alpha value is -1.38. The highest BCUT2D eigenvalue weighted by Gasteiger charge is 2.43. The molecule has 2 N–H and O–H groups in total. The fourth-order valence-electron chi connectivity index (χ4n) is 3.48. The first-order valence-corrected chi connectivity index (χ1v) is 8.36. The van der Waals surface area contributed by atoms with Gasteiger partial charge in [0.2, 0.25) is 0 Å². The van der Waals surface area contributed by atoms with Gasteiger partial charge in [0.15, 0.2) is 5.96 Å². The molecule has 2 heterocycles. The minimum atomic E-state index is -0.0931. The Morgan fingerprint density at radius 2 is 2.12 bits per heavy atom. The summed E-state index contributed by atoms with van der Waals surface area (Å²) in [6.07, 6.45) is 8.62. The molecule has 1 aromatic rings. The average molecular weight is 443 g/mol. The van der Waals surface area contributed by atoms with E-state index in [-0.39, 0.29) is 29.9 Å². The minimum Gasteiger partial charge on any atom is -0.354 e. The van der Waals surface area contributed by atoms with E-state index in [2.05, 4.69) is 25.5 Å². The third kappa shape index (κ3) is 4.37. The Labute approximate surface area is 160 Å². The second kappa shape index (κ2) is 8.64. The van der Waals surface area contributed by atoms with Crippen LogP contribution >= 0.6 is 24.0 Å². The standard InChI is InChI=1S/C17H25N5O.HI/c1-18-16(22-11-7-17(13-22)5-3-6-17)21-10-9-20-15(23)14-4-2-8-19-12-14;/h2,4,8,12H,3,5-7,9-11,13H2,1H3,(H,18,21)(H,20,23);1H. The molecule has 132 valence electrons. The molecule has 0 bridgehead atoms. The number of halogens is 1. The smallest absolute Gasteiger partial charge is 0.252 e. The molecule has 1 amide bonds. The van der Waals surface area contributed by atoms with Gasteiger partial charge in [-0.2, -0.15) is 0 Å². The molecule has 1 saturated carbocycles. The molecular weight excluding hydrogens is 417 g/mol. The monoisotopic (exact) mass is 443 g/mol. The molecule has 0 atom stereocenters. The third-order valence-corrected chi connectivity index (χ3v) is 4.98. The van der Waals surface area contributed by atoms with Crippen molar-refractivity contribution >= 4 is 35.8 Å². The van der Waals surface area contributed by atoms with Gasteiger partial charge in [-0.25, -0.2) is 0 Å². The highest BCUT2D eigenvalue weighted by atomic mass is 127. The van der Waals surface area contributed by atoms with Crippen molar-refractivity contribution in [1.82, 2.24) is 20.5 Å². The molecule has 1 aromatic heterocycles. The topological polar surface area (TPSA) is 69.6 Å². The summed E-state index contributed by atoms with van der Waals surface area (Å²) in [6, 6.07) is 3.52. The molecule has 1 aliphatic carbocycles. The van der Waals surface area contributed by atoms with Crippen molar-refractivity contribution in [3.05, 3.63) is 30.1 Å². The molecule has 3 rings (SSSR count). The van der Waals surface area contributed by atoms with E-state index in [4.69, 9.17) is 0 Å². The quantitative estimate of drug-likeness (QED) is 0.323. The van der Waals surface area contributed by atoms with Crippen molar-refractivity contribution in [2.45, 2.75) is 25.7 Å². The Kier molecular flexibility index (Phi) is 6.82. The van der Waals surface area contributed by atoms with Crippen LogP contribution in [0.15, 0.2) is 29.5 Å². The number of carbonyl (C=O) groups excluding carboxylic acids is 1. The van der Waals surface area contributed by atoms with Gasteiger partial charge in [0.1, 0.15) is 0 Å². The fraction of sp³-hybridized carbons (Fsp3) is 0.588. The number of amides is 1. The van der Waals surface area contributed by atoms with Gasteiger partial charge in [0.25, 0.3) is 5.91 Å². The third-order valence-electron chi connectivity index (χ3n) is 4.98. The number of likely N-dealkylation sites (tertiary alicyclic amines) is 1. The first-order valence-electron chi connectivity index (χ1n) is 8.36. The van der Waals surface area contributed by atoms with Gasteiger partial charge in [0.05, 0.1) is 5.56 Å². The summed E-state index contributed by atoms with van der Waals surface area (Å²) in [4.78, 5) is 22.6. The normalized spacial score (nSPS) is 18.7. The molecule has 24 heavy (non-hydrogen) atoms. The second-order valence-electron chi connectivity index (χ2n) is 6.50. The van der Waals surface area contributed by atoms with Gasteiger partial charge >= 0.3 is 0 Å². The van der Waals surface area contributed by atoms with Crippen molar-refractivity contribution in [3.63, 3.8) is 0 Å². The van der Waals surface area contributed by atoms with Crippen LogP contribution in [0.4, 0.5) is 0 Å². The number of hydrogen-bond acceptors (Lipinski definition) is 3. The largest absolute Gasteiger partial charge is 0.354 e. The summed E-state index contributed by atoms with van der Waals surface area (Å²) >= 11 is 0. The number of nitrogens with zero attached hydrogens (tertiary/aromatic N) is 3. The molecule has 1 spiro atoms. The van der Waals surface area contributed by atoms with Crippen LogP contribution in [0.5, 0.6) is 0 Å². The Morgan fingerprint density at radius 3 is 2.71 bits per heavy atom. The van der Waals surface area contributed by atoms with E-state index in [1.54, 1.807) is 24.5 Å². The van der Waals surface area contributed by atoms with Crippen LogP contribution in [-0.2, 0) is 0 Å². The molecular formula is C17H26IN5O. The molecule has 6 nitrogen and oxygen atoms in total. The fourth-order valence-corrected chi connectivity index (χ4v) is 3.48. The highest BCUT2D eigenvalue weighted by Crippen LogP contribution is 2.47. The molecule has 0 unspecified atom stereocenters. The molecule has 2 aliphatic rings. The van der Waals surface area contributed by atoms with Crippen LogP contribution in [0.3, 0.4) is 0 Å². The summed E-state index contributed by atoms with van der Waals surface area (Å²) in [7, 11) is 1.82. The van der Waals surface area contributed by atoms with Crippen LogP contribution in [0, 0.1) is 5.41 Å². The van der Waals surface area contributed by atoms with E-state index in [9.17, 15) is 4.79 Å². The number of aromatic nitrogens is 1. The van der Waals surface area contributed by atoms with Crippen molar-refractivity contribution in [2.24, 2.45) is 10.4 Å². The summed E-state index contributed by atoms with van der Waals surface area (Å²) < 4.78 is 0. The lowest BCUT2D eigenvalue weighted by Gasteiger charge is -2.38. The highest BCUT2D eigenvalue weighted by molar-refractivity contribution is 14.0. The van der Waals surface area contributed by atoms with Crippen molar-refractivity contribution in [1.29, 1.82) is 0 Å². The summed E-state index contributed by atoms with van der Waals surface area (Å²) in [6.45, 7) is 3.43. The Morgan fingerprint density at radius 1 is 1.33 bits per heavy atom. The molecule has 0 aromatic carbocycles. The molecule has 2 fully saturated rings. The number of aliphatic imine (C=N–C) groups is 1. The number of carbonyl (C=O) groups is 1. The summed E-state index contributed by atoms with van der Waals surface area (Å²) in [5.74, 6) is 0.855. The Balaban J connectivity index is 0.00000208. The van der Waals surface area contributed by atoms with Gasteiger partial charge in [-0.3, -0.25) is 14.8 Å². The van der Waals surface area contributed by atoms with Crippen molar-refractivity contribution in [3.8, 4) is 0 Å². The number of pyridine rings is 1.